The topological polar surface area (TPSA) is 82.1 Å². The van der Waals surface area contributed by atoms with Gasteiger partial charge in [0.25, 0.3) is 0 Å². The molecule has 0 atom stereocenters. The standard InChI is InChI=1S/C18H26FN3O4/c1-3-22(12-17(23)24)15-10-14(11-15)20-18(25)21(2)8-9-26-16-6-4-13(19)5-7-16/h4-7,14-15H,3,8-12H2,1-2H3,(H,20,25)(H,23,24). The number of halogens is 1. The van der Waals surface area contributed by atoms with Gasteiger partial charge >= 0.3 is 12.0 Å². The molecule has 1 saturated carbocycles. The molecule has 0 heterocycles. The van der Waals surface area contributed by atoms with Gasteiger partial charge < -0.3 is 20.1 Å². The van der Waals surface area contributed by atoms with Gasteiger partial charge in [-0.2, -0.15) is 0 Å². The van der Waals surface area contributed by atoms with Crippen molar-refractivity contribution in [3.8, 4) is 5.75 Å². The van der Waals surface area contributed by atoms with Crippen molar-refractivity contribution in [3.63, 3.8) is 0 Å². The number of nitrogens with zero attached hydrogens (tertiary/aromatic N) is 2. The number of hydrogen-bond donors (Lipinski definition) is 2. The monoisotopic (exact) mass is 367 g/mol. The highest BCUT2D eigenvalue weighted by Crippen LogP contribution is 2.25. The van der Waals surface area contributed by atoms with Crippen LogP contribution in [0.15, 0.2) is 24.3 Å². The van der Waals surface area contributed by atoms with Crippen LogP contribution in [0.2, 0.25) is 0 Å². The molecule has 26 heavy (non-hydrogen) atoms. The van der Waals surface area contributed by atoms with E-state index in [4.69, 9.17) is 9.84 Å². The number of carboxylic acid groups (broad SMARTS) is 1. The fourth-order valence-corrected chi connectivity index (χ4v) is 2.89. The number of likely N-dealkylation sites (N-methyl/N-ethyl adjacent to an activating group) is 2. The predicted molar refractivity (Wildman–Crippen MR) is 94.7 cm³/mol. The molecule has 0 saturated heterocycles. The Morgan fingerprint density at radius 1 is 1.31 bits per heavy atom. The van der Waals surface area contributed by atoms with Crippen LogP contribution in [0.4, 0.5) is 9.18 Å². The third-order valence-corrected chi connectivity index (χ3v) is 4.56. The first kappa shape index (κ1) is 20.0. The van der Waals surface area contributed by atoms with Crippen molar-refractivity contribution in [2.75, 3.05) is 33.3 Å². The molecule has 2 N–H and O–H groups in total. The molecular formula is C18H26FN3O4. The fourth-order valence-electron chi connectivity index (χ4n) is 2.89. The molecule has 1 aromatic rings. The second-order valence-electron chi connectivity index (χ2n) is 6.45. The number of amides is 2. The summed E-state index contributed by atoms with van der Waals surface area (Å²) in [5.74, 6) is -0.599. The zero-order chi connectivity index (χ0) is 19.1. The summed E-state index contributed by atoms with van der Waals surface area (Å²) in [4.78, 5) is 26.4. The highest BCUT2D eigenvalue weighted by Gasteiger charge is 2.35. The van der Waals surface area contributed by atoms with E-state index in [9.17, 15) is 14.0 Å². The second-order valence-corrected chi connectivity index (χ2v) is 6.45. The van der Waals surface area contributed by atoms with E-state index in [1.165, 1.54) is 17.0 Å². The lowest BCUT2D eigenvalue weighted by atomic mass is 9.85. The van der Waals surface area contributed by atoms with E-state index in [1.54, 1.807) is 19.2 Å². The first-order valence-electron chi connectivity index (χ1n) is 8.75. The maximum absolute atomic E-state index is 12.8. The van der Waals surface area contributed by atoms with Gasteiger partial charge in [-0.15, -0.1) is 0 Å². The van der Waals surface area contributed by atoms with E-state index in [0.717, 1.165) is 12.8 Å². The van der Waals surface area contributed by atoms with Crippen LogP contribution in [0.5, 0.6) is 5.75 Å². The molecule has 1 fully saturated rings. The van der Waals surface area contributed by atoms with Crippen molar-refractivity contribution in [2.45, 2.75) is 31.8 Å². The third kappa shape index (κ3) is 5.87. The molecule has 2 rings (SSSR count). The average molecular weight is 367 g/mol. The Balaban J connectivity index is 1.65. The lowest BCUT2D eigenvalue weighted by molar-refractivity contribution is -0.139. The zero-order valence-electron chi connectivity index (χ0n) is 15.2. The van der Waals surface area contributed by atoms with Crippen LogP contribution in [-0.4, -0.2) is 72.3 Å². The lowest BCUT2D eigenvalue weighted by Crippen LogP contribution is -2.56. The van der Waals surface area contributed by atoms with E-state index in [1.807, 2.05) is 11.8 Å². The number of rotatable bonds is 9. The minimum Gasteiger partial charge on any atom is -0.492 e. The van der Waals surface area contributed by atoms with Crippen LogP contribution in [0, 0.1) is 5.82 Å². The molecule has 1 aromatic carbocycles. The quantitative estimate of drug-likeness (QED) is 0.695. The molecule has 1 aliphatic rings. The predicted octanol–water partition coefficient (Wildman–Crippen LogP) is 1.78. The minimum absolute atomic E-state index is 0.0302. The molecule has 0 aliphatic heterocycles. The smallest absolute Gasteiger partial charge is 0.317 e. The van der Waals surface area contributed by atoms with Crippen molar-refractivity contribution in [3.05, 3.63) is 30.1 Å². The fraction of sp³-hybridized carbons (Fsp3) is 0.556. The maximum atomic E-state index is 12.8. The highest BCUT2D eigenvalue weighted by atomic mass is 19.1. The number of hydrogen-bond acceptors (Lipinski definition) is 4. The summed E-state index contributed by atoms with van der Waals surface area (Å²) in [6.07, 6.45) is 1.51. The molecule has 0 spiro atoms. The highest BCUT2D eigenvalue weighted by molar-refractivity contribution is 5.74. The summed E-state index contributed by atoms with van der Waals surface area (Å²) in [7, 11) is 1.68. The Labute approximate surface area is 152 Å². The van der Waals surface area contributed by atoms with Crippen molar-refractivity contribution < 1.29 is 23.8 Å². The van der Waals surface area contributed by atoms with E-state index < -0.39 is 5.97 Å². The first-order valence-corrected chi connectivity index (χ1v) is 8.75. The normalized spacial score (nSPS) is 18.9. The summed E-state index contributed by atoms with van der Waals surface area (Å²) in [5, 5.41) is 11.8. The first-order chi connectivity index (χ1) is 12.4. The Bertz CT molecular complexity index is 605. The number of urea groups is 1. The third-order valence-electron chi connectivity index (χ3n) is 4.56. The van der Waals surface area contributed by atoms with Crippen LogP contribution < -0.4 is 10.1 Å². The van der Waals surface area contributed by atoms with Gasteiger partial charge in [-0.3, -0.25) is 9.69 Å². The summed E-state index contributed by atoms with van der Waals surface area (Å²) in [5.41, 5.74) is 0. The Morgan fingerprint density at radius 3 is 2.54 bits per heavy atom. The molecule has 7 nitrogen and oxygen atoms in total. The number of carboxylic acids is 1. The van der Waals surface area contributed by atoms with Gasteiger partial charge in [0.2, 0.25) is 0 Å². The van der Waals surface area contributed by atoms with Crippen LogP contribution in [-0.2, 0) is 4.79 Å². The van der Waals surface area contributed by atoms with Gasteiger partial charge in [0, 0.05) is 19.1 Å². The average Bonchev–Trinajstić information content (AvgIpc) is 2.57. The van der Waals surface area contributed by atoms with E-state index in [2.05, 4.69) is 5.32 Å². The van der Waals surface area contributed by atoms with Crippen molar-refractivity contribution in [1.82, 2.24) is 15.1 Å². The van der Waals surface area contributed by atoms with Crippen molar-refractivity contribution in [1.29, 1.82) is 0 Å². The SMILES string of the molecule is CCN(CC(=O)O)C1CC(NC(=O)N(C)CCOc2ccc(F)cc2)C1. The van der Waals surface area contributed by atoms with Gasteiger partial charge in [-0.1, -0.05) is 6.92 Å². The Morgan fingerprint density at radius 2 is 1.96 bits per heavy atom. The molecule has 1 aliphatic carbocycles. The number of benzene rings is 1. The molecule has 2 amide bonds. The summed E-state index contributed by atoms with van der Waals surface area (Å²) in [6.45, 7) is 3.36. The van der Waals surface area contributed by atoms with E-state index in [-0.39, 0.29) is 30.5 Å². The van der Waals surface area contributed by atoms with Gasteiger partial charge in [-0.05, 0) is 43.7 Å². The van der Waals surface area contributed by atoms with E-state index in [0.29, 0.717) is 25.4 Å². The number of carbonyl (C=O) groups is 2. The number of aliphatic carboxylic acids is 1. The van der Waals surface area contributed by atoms with Crippen LogP contribution in [0.3, 0.4) is 0 Å². The molecule has 0 unspecified atom stereocenters. The Kier molecular flexibility index (Phi) is 7.20. The molecule has 0 radical (unpaired) electrons. The molecule has 8 heteroatoms. The van der Waals surface area contributed by atoms with Gasteiger partial charge in [0.15, 0.2) is 0 Å². The van der Waals surface area contributed by atoms with Gasteiger partial charge in [0.1, 0.15) is 18.2 Å². The number of nitrogens with one attached hydrogen (secondary N) is 1. The Hall–Kier alpha value is -2.35. The van der Waals surface area contributed by atoms with Crippen LogP contribution >= 0.6 is 0 Å². The lowest BCUT2D eigenvalue weighted by Gasteiger charge is -2.42. The molecular weight excluding hydrogens is 341 g/mol. The summed E-state index contributed by atoms with van der Waals surface area (Å²) >= 11 is 0. The van der Waals surface area contributed by atoms with Crippen molar-refractivity contribution in [2.24, 2.45) is 0 Å². The molecule has 0 bridgehead atoms. The zero-order valence-corrected chi connectivity index (χ0v) is 15.2. The molecule has 0 aromatic heterocycles. The summed E-state index contributed by atoms with van der Waals surface area (Å²) < 4.78 is 18.3. The van der Waals surface area contributed by atoms with Crippen LogP contribution in [0.25, 0.3) is 0 Å². The largest absolute Gasteiger partial charge is 0.492 e. The summed E-state index contributed by atoms with van der Waals surface area (Å²) in [6, 6.07) is 5.81. The number of carbonyl (C=O) groups excluding carboxylic acids is 1. The maximum Gasteiger partial charge on any atom is 0.317 e. The minimum atomic E-state index is -0.833. The van der Waals surface area contributed by atoms with Crippen LogP contribution in [0.1, 0.15) is 19.8 Å². The molecule has 144 valence electrons. The number of ether oxygens (including phenoxy) is 1. The van der Waals surface area contributed by atoms with Gasteiger partial charge in [0.05, 0.1) is 13.1 Å². The van der Waals surface area contributed by atoms with Gasteiger partial charge in [-0.25, -0.2) is 9.18 Å². The van der Waals surface area contributed by atoms with Crippen molar-refractivity contribution >= 4 is 12.0 Å². The second kappa shape index (κ2) is 9.38. The van der Waals surface area contributed by atoms with E-state index >= 15 is 0 Å².